The van der Waals surface area contributed by atoms with Gasteiger partial charge < -0.3 is 9.26 Å². The lowest BCUT2D eigenvalue weighted by Gasteiger charge is -2.03. The Balaban J connectivity index is 1.72. The zero-order valence-corrected chi connectivity index (χ0v) is 15.6. The molecule has 0 aliphatic carbocycles. The number of esters is 1. The maximum Gasteiger partial charge on any atom is 0.363 e. The number of benzene rings is 1. The highest BCUT2D eigenvalue weighted by molar-refractivity contribution is 6.12. The summed E-state index contributed by atoms with van der Waals surface area (Å²) in [5, 5.41) is 4.08. The molecule has 2 aromatic heterocycles. The number of rotatable bonds is 3. The number of ether oxygens (including phenoxy) is 1. The zero-order valence-electron chi connectivity index (χ0n) is 15.6. The van der Waals surface area contributed by atoms with Gasteiger partial charge in [0, 0.05) is 23.0 Å². The molecule has 1 aliphatic heterocycles. The van der Waals surface area contributed by atoms with E-state index in [1.807, 2.05) is 68.7 Å². The number of carbonyl (C=O) groups is 1. The number of hydrogen-bond donors (Lipinski definition) is 0. The summed E-state index contributed by atoms with van der Waals surface area (Å²) in [6.45, 7) is 7.78. The third-order valence-electron chi connectivity index (χ3n) is 4.49. The lowest BCUT2D eigenvalue weighted by atomic mass is 10.1. The molecule has 0 radical (unpaired) electrons. The third-order valence-corrected chi connectivity index (χ3v) is 4.49. The summed E-state index contributed by atoms with van der Waals surface area (Å²) in [6, 6.07) is 11.6. The molecular formula is C21H19N3O3. The molecule has 136 valence electrons. The van der Waals surface area contributed by atoms with Crippen LogP contribution in [-0.4, -0.2) is 21.6 Å². The second-order valence-electron chi connectivity index (χ2n) is 6.66. The molecule has 0 unspecified atom stereocenters. The van der Waals surface area contributed by atoms with Crippen LogP contribution in [0.4, 0.5) is 0 Å². The van der Waals surface area contributed by atoms with Crippen LogP contribution in [-0.2, 0) is 9.53 Å². The fourth-order valence-electron chi connectivity index (χ4n) is 3.20. The Morgan fingerprint density at radius 1 is 1.07 bits per heavy atom. The van der Waals surface area contributed by atoms with Crippen molar-refractivity contribution in [3.8, 4) is 5.82 Å². The van der Waals surface area contributed by atoms with Crippen molar-refractivity contribution in [2.24, 2.45) is 4.99 Å². The predicted molar refractivity (Wildman–Crippen MR) is 102 cm³/mol. The van der Waals surface area contributed by atoms with Crippen molar-refractivity contribution in [1.82, 2.24) is 9.72 Å². The minimum Gasteiger partial charge on any atom is -0.402 e. The molecule has 0 fully saturated rings. The van der Waals surface area contributed by atoms with Crippen LogP contribution in [0.15, 0.2) is 51.6 Å². The van der Waals surface area contributed by atoms with Crippen LogP contribution in [0, 0.1) is 27.7 Å². The highest BCUT2D eigenvalue weighted by atomic mass is 16.6. The van der Waals surface area contributed by atoms with E-state index >= 15 is 0 Å². The van der Waals surface area contributed by atoms with E-state index < -0.39 is 5.97 Å². The normalized spacial score (nSPS) is 15.3. The third kappa shape index (κ3) is 3.10. The summed E-state index contributed by atoms with van der Waals surface area (Å²) in [6.07, 6.45) is 1.75. The first-order valence-electron chi connectivity index (χ1n) is 8.64. The van der Waals surface area contributed by atoms with Gasteiger partial charge in [0.2, 0.25) is 5.90 Å². The molecular weight excluding hydrogens is 342 g/mol. The van der Waals surface area contributed by atoms with Crippen LogP contribution >= 0.6 is 0 Å². The molecule has 0 atom stereocenters. The molecule has 0 spiro atoms. The molecule has 0 N–H and O–H groups in total. The number of nitrogens with zero attached hydrogens (tertiary/aromatic N) is 3. The molecule has 0 saturated carbocycles. The van der Waals surface area contributed by atoms with Gasteiger partial charge >= 0.3 is 5.97 Å². The minimum atomic E-state index is -0.450. The van der Waals surface area contributed by atoms with Crippen molar-refractivity contribution in [1.29, 1.82) is 0 Å². The van der Waals surface area contributed by atoms with Crippen molar-refractivity contribution in [3.63, 3.8) is 0 Å². The second kappa shape index (κ2) is 6.39. The average Bonchev–Trinajstić information content (AvgIpc) is 3.27. The minimum absolute atomic E-state index is 0.281. The lowest BCUT2D eigenvalue weighted by molar-refractivity contribution is -0.129. The quantitative estimate of drug-likeness (QED) is 0.521. The van der Waals surface area contributed by atoms with Gasteiger partial charge in [0.1, 0.15) is 5.76 Å². The van der Waals surface area contributed by atoms with Gasteiger partial charge in [-0.3, -0.25) is 4.57 Å². The smallest absolute Gasteiger partial charge is 0.363 e. The van der Waals surface area contributed by atoms with Crippen molar-refractivity contribution in [3.05, 3.63) is 75.9 Å². The maximum absolute atomic E-state index is 12.3. The van der Waals surface area contributed by atoms with Gasteiger partial charge in [-0.25, -0.2) is 9.79 Å². The Kier molecular flexibility index (Phi) is 4.03. The number of aryl methyl sites for hydroxylation is 3. The molecule has 0 bridgehead atoms. The van der Waals surface area contributed by atoms with Crippen molar-refractivity contribution in [2.75, 3.05) is 0 Å². The van der Waals surface area contributed by atoms with E-state index in [1.54, 1.807) is 6.08 Å². The molecule has 1 aliphatic rings. The highest BCUT2D eigenvalue weighted by Gasteiger charge is 2.25. The van der Waals surface area contributed by atoms with Crippen LogP contribution in [0.1, 0.15) is 33.8 Å². The summed E-state index contributed by atoms with van der Waals surface area (Å²) < 4.78 is 12.5. The SMILES string of the molecule is Cc1cccc(C2=NC(=Cc3cc(C)n(-c4cc(C)on4)c3C)C(=O)O2)c1. The van der Waals surface area contributed by atoms with Crippen LogP contribution in [0.25, 0.3) is 11.9 Å². The summed E-state index contributed by atoms with van der Waals surface area (Å²) in [5.41, 5.74) is 4.96. The van der Waals surface area contributed by atoms with E-state index in [0.717, 1.165) is 33.8 Å². The molecule has 6 nitrogen and oxygen atoms in total. The Bertz CT molecular complexity index is 1120. The summed E-state index contributed by atoms with van der Waals surface area (Å²) in [4.78, 5) is 16.7. The average molecular weight is 361 g/mol. The van der Waals surface area contributed by atoms with E-state index in [-0.39, 0.29) is 5.70 Å². The van der Waals surface area contributed by atoms with Crippen LogP contribution < -0.4 is 0 Å². The monoisotopic (exact) mass is 361 g/mol. The molecule has 6 heteroatoms. The first-order chi connectivity index (χ1) is 12.9. The number of aromatic nitrogens is 2. The fourth-order valence-corrected chi connectivity index (χ4v) is 3.20. The van der Waals surface area contributed by atoms with Crippen molar-refractivity contribution >= 4 is 17.9 Å². The standard InChI is InChI=1S/C21H19N3O3/c1-12-6-5-7-16(8-12)20-22-18(21(25)26-20)11-17-9-13(2)24(15(17)4)19-10-14(3)27-23-19/h5-11H,1-4H3. The Labute approximate surface area is 156 Å². The van der Waals surface area contributed by atoms with Gasteiger partial charge in [-0.05, 0) is 57.5 Å². The molecule has 0 amide bonds. The van der Waals surface area contributed by atoms with Gasteiger partial charge in [-0.1, -0.05) is 22.9 Å². The molecule has 27 heavy (non-hydrogen) atoms. The molecule has 4 rings (SSSR count). The highest BCUT2D eigenvalue weighted by Crippen LogP contribution is 2.25. The van der Waals surface area contributed by atoms with Crippen LogP contribution in [0.3, 0.4) is 0 Å². The Morgan fingerprint density at radius 3 is 2.59 bits per heavy atom. The first-order valence-corrected chi connectivity index (χ1v) is 8.64. The number of hydrogen-bond acceptors (Lipinski definition) is 5. The van der Waals surface area contributed by atoms with Crippen LogP contribution in [0.5, 0.6) is 0 Å². The van der Waals surface area contributed by atoms with Crippen molar-refractivity contribution < 1.29 is 14.1 Å². The number of aliphatic imine (C=N–C) groups is 1. The molecule has 3 aromatic rings. The second-order valence-corrected chi connectivity index (χ2v) is 6.66. The number of cyclic esters (lactones) is 1. The maximum atomic E-state index is 12.3. The van der Waals surface area contributed by atoms with E-state index in [0.29, 0.717) is 11.7 Å². The van der Waals surface area contributed by atoms with Crippen molar-refractivity contribution in [2.45, 2.75) is 27.7 Å². The van der Waals surface area contributed by atoms with Crippen LogP contribution in [0.2, 0.25) is 0 Å². The van der Waals surface area contributed by atoms with Gasteiger partial charge in [0.05, 0.1) is 0 Å². The largest absolute Gasteiger partial charge is 0.402 e. The van der Waals surface area contributed by atoms with E-state index in [1.165, 1.54) is 0 Å². The molecule has 3 heterocycles. The van der Waals surface area contributed by atoms with Gasteiger partial charge in [0.25, 0.3) is 0 Å². The topological polar surface area (TPSA) is 69.6 Å². The molecule has 1 aromatic carbocycles. The van der Waals surface area contributed by atoms with Gasteiger partial charge in [-0.2, -0.15) is 0 Å². The van der Waals surface area contributed by atoms with E-state index in [2.05, 4.69) is 10.1 Å². The Morgan fingerprint density at radius 2 is 1.89 bits per heavy atom. The summed E-state index contributed by atoms with van der Waals surface area (Å²) in [5.74, 6) is 1.33. The van der Waals surface area contributed by atoms with E-state index in [9.17, 15) is 4.79 Å². The molecule has 0 saturated heterocycles. The van der Waals surface area contributed by atoms with E-state index in [4.69, 9.17) is 9.26 Å². The summed E-state index contributed by atoms with van der Waals surface area (Å²) >= 11 is 0. The predicted octanol–water partition coefficient (Wildman–Crippen LogP) is 4.04. The summed E-state index contributed by atoms with van der Waals surface area (Å²) in [7, 11) is 0. The number of carbonyl (C=O) groups excluding carboxylic acids is 1. The lowest BCUT2D eigenvalue weighted by Crippen LogP contribution is -2.05. The van der Waals surface area contributed by atoms with Gasteiger partial charge in [0.15, 0.2) is 11.5 Å². The van der Waals surface area contributed by atoms with Gasteiger partial charge in [-0.15, -0.1) is 0 Å². The fraction of sp³-hybridized carbons (Fsp3) is 0.190. The first kappa shape index (κ1) is 17.0. The zero-order chi connectivity index (χ0) is 19.1. The Hall–Kier alpha value is -3.41.